The van der Waals surface area contributed by atoms with Crippen molar-refractivity contribution in [3.05, 3.63) is 94.0 Å². The minimum absolute atomic E-state index is 0.0394. The minimum Gasteiger partial charge on any atom is -0.449 e. The molecule has 0 heterocycles. The fraction of sp³-hybridized carbons (Fsp3) is 0.200. The molecule has 0 unspecified atom stereocenters. The number of likely N-dealkylation sites (N-methyl/N-ethyl adjacent to an activating group) is 1. The Labute approximate surface area is 207 Å². The zero-order valence-electron chi connectivity index (χ0n) is 19.5. The van der Waals surface area contributed by atoms with Crippen LogP contribution in [0.1, 0.15) is 24.0 Å². The van der Waals surface area contributed by atoms with Crippen LogP contribution >= 0.6 is 0 Å². The SMILES string of the molecule is C[C@H](NC(=O)OCC1c2ccccc2-c2ccccc21)C(=O)N(C)S(=O)(=O)c1ccc([N+](=O)[O-])cc1. The molecule has 0 bridgehead atoms. The van der Waals surface area contributed by atoms with Gasteiger partial charge in [-0.05, 0) is 41.3 Å². The van der Waals surface area contributed by atoms with E-state index < -0.39 is 33.0 Å². The van der Waals surface area contributed by atoms with Crippen LogP contribution < -0.4 is 5.32 Å². The van der Waals surface area contributed by atoms with E-state index in [9.17, 15) is 28.1 Å². The molecule has 10 nitrogen and oxygen atoms in total. The Morgan fingerprint density at radius 1 is 1.00 bits per heavy atom. The number of nitrogens with one attached hydrogen (secondary N) is 1. The van der Waals surface area contributed by atoms with Gasteiger partial charge in [-0.2, -0.15) is 0 Å². The fourth-order valence-corrected chi connectivity index (χ4v) is 5.36. The van der Waals surface area contributed by atoms with E-state index in [0.29, 0.717) is 4.31 Å². The molecule has 0 aromatic heterocycles. The number of carbonyl (C=O) groups is 2. The van der Waals surface area contributed by atoms with Gasteiger partial charge in [-0.15, -0.1) is 0 Å². The van der Waals surface area contributed by atoms with Crippen molar-refractivity contribution in [1.82, 2.24) is 9.62 Å². The quantitative estimate of drug-likeness (QED) is 0.379. The average molecular weight is 510 g/mol. The molecule has 11 heteroatoms. The smallest absolute Gasteiger partial charge is 0.407 e. The average Bonchev–Trinajstić information content (AvgIpc) is 3.20. The molecule has 0 saturated heterocycles. The first-order chi connectivity index (χ1) is 17.1. The van der Waals surface area contributed by atoms with Gasteiger partial charge in [0.05, 0.1) is 9.82 Å². The van der Waals surface area contributed by atoms with E-state index in [1.807, 2.05) is 48.5 Å². The Hall–Kier alpha value is -4.25. The number of rotatable bonds is 7. The predicted molar refractivity (Wildman–Crippen MR) is 131 cm³/mol. The van der Waals surface area contributed by atoms with Crippen molar-refractivity contribution >= 4 is 27.7 Å². The van der Waals surface area contributed by atoms with Gasteiger partial charge in [0.2, 0.25) is 0 Å². The van der Waals surface area contributed by atoms with Gasteiger partial charge in [0.15, 0.2) is 0 Å². The topological polar surface area (TPSA) is 136 Å². The maximum atomic E-state index is 12.8. The zero-order valence-corrected chi connectivity index (χ0v) is 20.3. The lowest BCUT2D eigenvalue weighted by Gasteiger charge is -2.22. The van der Waals surface area contributed by atoms with Crippen LogP contribution in [0.4, 0.5) is 10.5 Å². The van der Waals surface area contributed by atoms with Crippen LogP contribution in [0.25, 0.3) is 11.1 Å². The largest absolute Gasteiger partial charge is 0.449 e. The highest BCUT2D eigenvalue weighted by Gasteiger charge is 2.32. The van der Waals surface area contributed by atoms with Gasteiger partial charge in [-0.3, -0.25) is 14.9 Å². The number of non-ortho nitro benzene ring substituents is 1. The normalized spacial score (nSPS) is 13.3. The van der Waals surface area contributed by atoms with Gasteiger partial charge in [0, 0.05) is 25.1 Å². The Balaban J connectivity index is 1.39. The Kier molecular flexibility index (Phi) is 6.75. The summed E-state index contributed by atoms with van der Waals surface area (Å²) in [5.41, 5.74) is 3.93. The molecule has 186 valence electrons. The Morgan fingerprint density at radius 3 is 2.06 bits per heavy atom. The molecule has 4 rings (SSSR count). The molecular formula is C25H23N3O7S. The summed E-state index contributed by atoms with van der Waals surface area (Å²) in [5.74, 6) is -1.07. The van der Waals surface area contributed by atoms with Gasteiger partial charge >= 0.3 is 6.09 Å². The van der Waals surface area contributed by atoms with Crippen LogP contribution in [0.15, 0.2) is 77.7 Å². The number of sulfonamides is 1. The second-order valence-electron chi connectivity index (χ2n) is 8.25. The lowest BCUT2D eigenvalue weighted by atomic mass is 9.98. The van der Waals surface area contributed by atoms with Crippen molar-refractivity contribution in [1.29, 1.82) is 0 Å². The van der Waals surface area contributed by atoms with E-state index in [0.717, 1.165) is 53.6 Å². The number of benzene rings is 3. The van der Waals surface area contributed by atoms with Crippen LogP contribution in [0.3, 0.4) is 0 Å². The Morgan fingerprint density at radius 2 is 1.53 bits per heavy atom. The van der Waals surface area contributed by atoms with Gasteiger partial charge in [0.1, 0.15) is 12.6 Å². The first kappa shape index (κ1) is 24.9. The number of hydrogen-bond acceptors (Lipinski definition) is 7. The molecule has 0 spiro atoms. The monoisotopic (exact) mass is 509 g/mol. The third kappa shape index (κ3) is 4.65. The molecule has 3 aromatic carbocycles. The third-order valence-electron chi connectivity index (χ3n) is 6.06. The van der Waals surface area contributed by atoms with Crippen molar-refractivity contribution in [3.63, 3.8) is 0 Å². The van der Waals surface area contributed by atoms with Gasteiger partial charge in [-0.1, -0.05) is 48.5 Å². The van der Waals surface area contributed by atoms with E-state index in [2.05, 4.69) is 5.32 Å². The van der Waals surface area contributed by atoms with Gasteiger partial charge in [-0.25, -0.2) is 17.5 Å². The molecule has 0 aliphatic heterocycles. The molecule has 1 N–H and O–H groups in total. The van der Waals surface area contributed by atoms with Crippen molar-refractivity contribution in [2.75, 3.05) is 13.7 Å². The second kappa shape index (κ2) is 9.78. The number of hydrogen-bond donors (Lipinski definition) is 1. The van der Waals surface area contributed by atoms with Crippen LogP contribution in [0, 0.1) is 10.1 Å². The lowest BCUT2D eigenvalue weighted by Crippen LogP contribution is -2.47. The van der Waals surface area contributed by atoms with Crippen molar-refractivity contribution in [2.24, 2.45) is 0 Å². The van der Waals surface area contributed by atoms with Crippen LogP contribution in [0.5, 0.6) is 0 Å². The number of nitro groups is 1. The standard InChI is InChI=1S/C25H23N3O7S/c1-16(24(29)27(2)36(33,34)18-13-11-17(12-14-18)28(31)32)26-25(30)35-15-23-21-9-5-3-7-19(21)20-8-4-6-10-22(20)23/h3-14,16,23H,15H2,1-2H3,(H,26,30)/t16-/m0/s1. The van der Waals surface area contributed by atoms with Crippen LogP contribution in [-0.2, 0) is 19.6 Å². The van der Waals surface area contributed by atoms with Crippen molar-refractivity contribution in [2.45, 2.75) is 23.8 Å². The van der Waals surface area contributed by atoms with Gasteiger partial charge in [0.25, 0.3) is 21.6 Å². The van der Waals surface area contributed by atoms with E-state index in [-0.39, 0.29) is 23.1 Å². The number of alkyl carbamates (subject to hydrolysis) is 1. The summed E-state index contributed by atoms with van der Waals surface area (Å²) in [6, 6.07) is 18.6. The molecule has 1 aliphatic carbocycles. The summed E-state index contributed by atoms with van der Waals surface area (Å²) in [7, 11) is -3.23. The van der Waals surface area contributed by atoms with E-state index in [1.165, 1.54) is 6.92 Å². The van der Waals surface area contributed by atoms with Crippen LogP contribution in [0.2, 0.25) is 0 Å². The molecule has 36 heavy (non-hydrogen) atoms. The molecule has 0 fully saturated rings. The maximum Gasteiger partial charge on any atom is 0.407 e. The number of amides is 2. The summed E-state index contributed by atoms with van der Waals surface area (Å²) in [6.07, 6.45) is -0.862. The summed E-state index contributed by atoms with van der Waals surface area (Å²) in [4.78, 5) is 35.0. The van der Waals surface area contributed by atoms with Gasteiger partial charge < -0.3 is 10.1 Å². The molecule has 0 radical (unpaired) electrons. The molecule has 2 amide bonds. The summed E-state index contributed by atoms with van der Waals surface area (Å²) >= 11 is 0. The highest BCUT2D eigenvalue weighted by molar-refractivity contribution is 7.89. The number of ether oxygens (including phenoxy) is 1. The number of fused-ring (bicyclic) bond motifs is 3. The molecular weight excluding hydrogens is 486 g/mol. The highest BCUT2D eigenvalue weighted by Crippen LogP contribution is 2.44. The predicted octanol–water partition coefficient (Wildman–Crippen LogP) is 3.67. The number of nitro benzene ring substituents is 1. The summed E-state index contributed by atoms with van der Waals surface area (Å²) in [5, 5.41) is 13.2. The van der Waals surface area contributed by atoms with Crippen molar-refractivity contribution < 1.29 is 27.7 Å². The molecule has 0 saturated carbocycles. The number of nitrogens with zero attached hydrogens (tertiary/aromatic N) is 2. The van der Waals surface area contributed by atoms with E-state index >= 15 is 0 Å². The maximum absolute atomic E-state index is 12.8. The number of carbonyl (C=O) groups excluding carboxylic acids is 2. The highest BCUT2D eigenvalue weighted by atomic mass is 32.2. The minimum atomic E-state index is -4.28. The third-order valence-corrected chi connectivity index (χ3v) is 7.83. The van der Waals surface area contributed by atoms with E-state index in [4.69, 9.17) is 4.74 Å². The molecule has 1 aliphatic rings. The zero-order chi connectivity index (χ0) is 26.0. The fourth-order valence-electron chi connectivity index (χ4n) is 4.17. The molecule has 1 atom stereocenters. The van der Waals surface area contributed by atoms with Crippen LogP contribution in [-0.4, -0.2) is 49.3 Å². The summed E-state index contributed by atoms with van der Waals surface area (Å²) < 4.78 is 31.4. The Bertz CT molecular complexity index is 1390. The molecule has 3 aromatic rings. The van der Waals surface area contributed by atoms with E-state index in [1.54, 1.807) is 0 Å². The van der Waals surface area contributed by atoms with Crippen molar-refractivity contribution in [3.8, 4) is 11.1 Å². The first-order valence-electron chi connectivity index (χ1n) is 11.0. The second-order valence-corrected chi connectivity index (χ2v) is 10.2. The lowest BCUT2D eigenvalue weighted by molar-refractivity contribution is -0.384. The first-order valence-corrected chi connectivity index (χ1v) is 12.4. The summed E-state index contributed by atoms with van der Waals surface area (Å²) in [6.45, 7) is 1.38.